The highest BCUT2D eigenvalue weighted by Gasteiger charge is 2.32. The summed E-state index contributed by atoms with van der Waals surface area (Å²) in [6, 6.07) is 7.76. The Balaban J connectivity index is 2.96. The SMILES string of the molecule is CCNC(C)(C)C(=O)N(C)C(C)c1ccccc1OC. The fourth-order valence-corrected chi connectivity index (χ4v) is 2.35. The molecule has 0 spiro atoms. The number of nitrogens with zero attached hydrogens (tertiary/aromatic N) is 1. The van der Waals surface area contributed by atoms with Crippen LogP contribution in [0.3, 0.4) is 0 Å². The van der Waals surface area contributed by atoms with Crippen LogP contribution in [0.25, 0.3) is 0 Å². The first-order chi connectivity index (χ1) is 9.35. The minimum Gasteiger partial charge on any atom is -0.496 e. The van der Waals surface area contributed by atoms with Crippen molar-refractivity contribution in [1.82, 2.24) is 10.2 Å². The Morgan fingerprint density at radius 2 is 2.00 bits per heavy atom. The number of para-hydroxylation sites is 1. The Bertz CT molecular complexity index is 458. The van der Waals surface area contributed by atoms with Crippen LogP contribution >= 0.6 is 0 Å². The van der Waals surface area contributed by atoms with E-state index in [0.29, 0.717) is 0 Å². The zero-order chi connectivity index (χ0) is 15.3. The summed E-state index contributed by atoms with van der Waals surface area (Å²) >= 11 is 0. The van der Waals surface area contributed by atoms with Crippen molar-refractivity contribution in [2.24, 2.45) is 0 Å². The van der Waals surface area contributed by atoms with Crippen molar-refractivity contribution in [3.63, 3.8) is 0 Å². The summed E-state index contributed by atoms with van der Waals surface area (Å²) in [6.45, 7) is 8.58. The van der Waals surface area contributed by atoms with Gasteiger partial charge in [0.15, 0.2) is 0 Å². The molecule has 0 fully saturated rings. The summed E-state index contributed by atoms with van der Waals surface area (Å²) < 4.78 is 5.38. The maximum Gasteiger partial charge on any atom is 0.242 e. The molecule has 0 bridgehead atoms. The van der Waals surface area contributed by atoms with E-state index in [2.05, 4.69) is 5.32 Å². The largest absolute Gasteiger partial charge is 0.496 e. The third-order valence-corrected chi connectivity index (χ3v) is 3.64. The molecule has 1 unspecified atom stereocenters. The van der Waals surface area contributed by atoms with Gasteiger partial charge in [0, 0.05) is 12.6 Å². The van der Waals surface area contributed by atoms with Gasteiger partial charge in [-0.25, -0.2) is 0 Å². The molecule has 0 saturated heterocycles. The molecule has 1 atom stereocenters. The molecule has 0 heterocycles. The van der Waals surface area contributed by atoms with Gasteiger partial charge in [0.2, 0.25) is 5.91 Å². The maximum absolute atomic E-state index is 12.6. The number of rotatable bonds is 6. The van der Waals surface area contributed by atoms with E-state index < -0.39 is 5.54 Å². The smallest absolute Gasteiger partial charge is 0.242 e. The lowest BCUT2D eigenvalue weighted by Gasteiger charge is -2.34. The zero-order valence-electron chi connectivity index (χ0n) is 13.4. The van der Waals surface area contributed by atoms with Gasteiger partial charge < -0.3 is 15.0 Å². The molecule has 0 aliphatic carbocycles. The lowest BCUT2D eigenvalue weighted by Crippen LogP contribution is -2.53. The number of nitrogens with one attached hydrogen (secondary N) is 1. The summed E-state index contributed by atoms with van der Waals surface area (Å²) in [7, 11) is 3.48. The van der Waals surface area contributed by atoms with E-state index in [-0.39, 0.29) is 11.9 Å². The molecular formula is C16H26N2O2. The van der Waals surface area contributed by atoms with Crippen LogP contribution in [0, 0.1) is 0 Å². The molecular weight excluding hydrogens is 252 g/mol. The Kier molecular flexibility index (Phi) is 5.57. The molecule has 0 aromatic heterocycles. The number of amides is 1. The third kappa shape index (κ3) is 3.51. The second kappa shape index (κ2) is 6.75. The van der Waals surface area contributed by atoms with E-state index in [9.17, 15) is 4.79 Å². The van der Waals surface area contributed by atoms with E-state index in [4.69, 9.17) is 4.74 Å². The standard InChI is InChI=1S/C16H26N2O2/c1-7-17-16(3,4)15(19)18(5)12(2)13-10-8-9-11-14(13)20-6/h8-12,17H,7H2,1-6H3. The molecule has 1 amide bonds. The first-order valence-electron chi connectivity index (χ1n) is 7.00. The van der Waals surface area contributed by atoms with Crippen LogP contribution in [0.15, 0.2) is 24.3 Å². The van der Waals surface area contributed by atoms with E-state index in [0.717, 1.165) is 17.9 Å². The normalized spacial score (nSPS) is 12.9. The lowest BCUT2D eigenvalue weighted by atomic mass is 10.00. The molecule has 0 radical (unpaired) electrons. The van der Waals surface area contributed by atoms with Gasteiger partial charge >= 0.3 is 0 Å². The molecule has 20 heavy (non-hydrogen) atoms. The summed E-state index contributed by atoms with van der Waals surface area (Å²) in [6.07, 6.45) is 0. The predicted octanol–water partition coefficient (Wildman–Crippen LogP) is 2.60. The van der Waals surface area contributed by atoms with Crippen LogP contribution < -0.4 is 10.1 Å². The molecule has 1 aromatic rings. The molecule has 4 nitrogen and oxygen atoms in total. The molecule has 1 aromatic carbocycles. The summed E-state index contributed by atoms with van der Waals surface area (Å²) in [5, 5.41) is 3.22. The quantitative estimate of drug-likeness (QED) is 0.869. The fraction of sp³-hybridized carbons (Fsp3) is 0.562. The van der Waals surface area contributed by atoms with Crippen LogP contribution in [-0.2, 0) is 4.79 Å². The minimum atomic E-state index is -0.570. The van der Waals surface area contributed by atoms with Gasteiger partial charge in [0.1, 0.15) is 5.75 Å². The topological polar surface area (TPSA) is 41.6 Å². The Morgan fingerprint density at radius 3 is 2.55 bits per heavy atom. The van der Waals surface area contributed by atoms with Gasteiger partial charge in [0.25, 0.3) is 0 Å². The van der Waals surface area contributed by atoms with Crippen molar-refractivity contribution in [2.45, 2.75) is 39.3 Å². The second-order valence-electron chi connectivity index (χ2n) is 5.49. The maximum atomic E-state index is 12.6. The fourth-order valence-electron chi connectivity index (χ4n) is 2.35. The van der Waals surface area contributed by atoms with Crippen LogP contribution in [-0.4, -0.2) is 37.0 Å². The molecule has 112 valence electrons. The summed E-state index contributed by atoms with van der Waals surface area (Å²) in [5.41, 5.74) is 0.443. The minimum absolute atomic E-state index is 0.0448. The average molecular weight is 278 g/mol. The van der Waals surface area contributed by atoms with Crippen molar-refractivity contribution in [1.29, 1.82) is 0 Å². The summed E-state index contributed by atoms with van der Waals surface area (Å²) in [5.74, 6) is 0.874. The van der Waals surface area contributed by atoms with Crippen LogP contribution in [0.1, 0.15) is 39.3 Å². The second-order valence-corrected chi connectivity index (χ2v) is 5.49. The highest BCUT2D eigenvalue weighted by molar-refractivity contribution is 5.85. The predicted molar refractivity (Wildman–Crippen MR) is 81.9 cm³/mol. The van der Waals surface area contributed by atoms with E-state index in [1.54, 1.807) is 12.0 Å². The molecule has 0 saturated carbocycles. The lowest BCUT2D eigenvalue weighted by molar-refractivity contribution is -0.137. The molecule has 0 aliphatic heterocycles. The van der Waals surface area contributed by atoms with E-state index in [1.165, 1.54) is 0 Å². The van der Waals surface area contributed by atoms with Crippen molar-refractivity contribution in [3.8, 4) is 5.75 Å². The number of ether oxygens (including phenoxy) is 1. The van der Waals surface area contributed by atoms with Crippen molar-refractivity contribution in [2.75, 3.05) is 20.7 Å². The van der Waals surface area contributed by atoms with Crippen LogP contribution in [0.5, 0.6) is 5.75 Å². The van der Waals surface area contributed by atoms with Crippen molar-refractivity contribution >= 4 is 5.91 Å². The van der Waals surface area contributed by atoms with Gasteiger partial charge in [-0.05, 0) is 33.4 Å². The highest BCUT2D eigenvalue weighted by Crippen LogP contribution is 2.29. The van der Waals surface area contributed by atoms with Crippen molar-refractivity contribution in [3.05, 3.63) is 29.8 Å². The molecule has 1 N–H and O–H groups in total. The molecule has 1 rings (SSSR count). The first-order valence-corrected chi connectivity index (χ1v) is 7.00. The summed E-state index contributed by atoms with van der Waals surface area (Å²) in [4.78, 5) is 14.4. The van der Waals surface area contributed by atoms with E-state index in [1.807, 2.05) is 59.0 Å². The Labute approximate surface area is 122 Å². The number of likely N-dealkylation sites (N-methyl/N-ethyl adjacent to an activating group) is 2. The molecule has 0 aliphatic rings. The zero-order valence-corrected chi connectivity index (χ0v) is 13.4. The number of hydrogen-bond acceptors (Lipinski definition) is 3. The molecule has 4 heteroatoms. The first kappa shape index (κ1) is 16.5. The van der Waals surface area contributed by atoms with Gasteiger partial charge in [-0.1, -0.05) is 25.1 Å². The highest BCUT2D eigenvalue weighted by atomic mass is 16.5. The van der Waals surface area contributed by atoms with Crippen molar-refractivity contribution < 1.29 is 9.53 Å². The Hall–Kier alpha value is -1.55. The monoisotopic (exact) mass is 278 g/mol. The average Bonchev–Trinajstić information content (AvgIpc) is 2.44. The van der Waals surface area contributed by atoms with E-state index >= 15 is 0 Å². The van der Waals surface area contributed by atoms with Crippen LogP contribution in [0.2, 0.25) is 0 Å². The Morgan fingerprint density at radius 1 is 1.40 bits per heavy atom. The number of methoxy groups -OCH3 is 1. The van der Waals surface area contributed by atoms with Gasteiger partial charge in [-0.3, -0.25) is 4.79 Å². The van der Waals surface area contributed by atoms with Gasteiger partial charge in [0.05, 0.1) is 18.7 Å². The number of carbonyl (C=O) groups is 1. The number of carbonyl (C=O) groups excluding carboxylic acids is 1. The van der Waals surface area contributed by atoms with Crippen LogP contribution in [0.4, 0.5) is 0 Å². The van der Waals surface area contributed by atoms with Gasteiger partial charge in [-0.15, -0.1) is 0 Å². The third-order valence-electron chi connectivity index (χ3n) is 3.64. The van der Waals surface area contributed by atoms with Gasteiger partial charge in [-0.2, -0.15) is 0 Å². The number of benzene rings is 1. The number of hydrogen-bond donors (Lipinski definition) is 1.